The molecule has 0 radical (unpaired) electrons. The van der Waals surface area contributed by atoms with Crippen molar-refractivity contribution in [1.82, 2.24) is 19.4 Å². The van der Waals surface area contributed by atoms with Crippen LogP contribution >= 0.6 is 0 Å². The van der Waals surface area contributed by atoms with Crippen molar-refractivity contribution >= 4 is 16.9 Å². The fraction of sp³-hybridized carbons (Fsp3) is 0.652. The van der Waals surface area contributed by atoms with Crippen LogP contribution < -0.4 is 4.74 Å². The highest BCUT2D eigenvalue weighted by atomic mass is 19.3. The maximum absolute atomic E-state index is 13.5. The number of halogens is 2. The van der Waals surface area contributed by atoms with E-state index in [1.54, 1.807) is 16.8 Å². The number of pyridine rings is 1. The van der Waals surface area contributed by atoms with Gasteiger partial charge in [0, 0.05) is 57.0 Å². The van der Waals surface area contributed by atoms with Crippen molar-refractivity contribution < 1.29 is 23.4 Å². The number of nitrogens with zero attached hydrogens (tertiary/aromatic N) is 4. The van der Waals surface area contributed by atoms with Gasteiger partial charge in [0.1, 0.15) is 23.2 Å². The average Bonchev–Trinajstić information content (AvgIpc) is 3.11. The molecule has 0 aromatic carbocycles. The predicted octanol–water partition coefficient (Wildman–Crippen LogP) is 3.15. The van der Waals surface area contributed by atoms with Gasteiger partial charge in [-0.2, -0.15) is 0 Å². The Morgan fingerprint density at radius 3 is 2.53 bits per heavy atom. The normalized spacial score (nSPS) is 20.2. The van der Waals surface area contributed by atoms with Crippen LogP contribution in [0.25, 0.3) is 11.0 Å². The number of likely N-dealkylation sites (tertiary alicyclic amines) is 2. The number of hydrogen-bond donors (Lipinski definition) is 1. The summed E-state index contributed by atoms with van der Waals surface area (Å²) in [6.45, 7) is 6.48. The maximum Gasteiger partial charge on any atom is 0.270 e. The molecule has 2 aromatic heterocycles. The highest BCUT2D eigenvalue weighted by molar-refractivity contribution is 5.98. The van der Waals surface area contributed by atoms with Crippen LogP contribution in [0.3, 0.4) is 0 Å². The number of aromatic nitrogens is 2. The molecule has 32 heavy (non-hydrogen) atoms. The van der Waals surface area contributed by atoms with Crippen LogP contribution in [0.5, 0.6) is 5.75 Å². The number of fused-ring (bicyclic) bond motifs is 1. The number of carbonyl (C=O) groups excluding carboxylic acids is 1. The number of rotatable bonds is 6. The van der Waals surface area contributed by atoms with Crippen LogP contribution in [-0.2, 0) is 6.54 Å². The molecule has 2 fully saturated rings. The summed E-state index contributed by atoms with van der Waals surface area (Å²) < 4.78 is 34.8. The summed E-state index contributed by atoms with van der Waals surface area (Å²) in [5, 5.41) is 10.2. The Kier molecular flexibility index (Phi) is 6.67. The van der Waals surface area contributed by atoms with Gasteiger partial charge in [-0.1, -0.05) is 0 Å². The molecule has 1 N–H and O–H groups in total. The maximum atomic E-state index is 13.5. The third-order valence-electron chi connectivity index (χ3n) is 6.54. The van der Waals surface area contributed by atoms with E-state index >= 15 is 0 Å². The standard InChI is InChI=1S/C23H32F2N4O3/c1-16(2)27-7-3-18(4-8-27)32-19-13-17-14-20(29(11-12-30)21(17)26-15-19)22(31)28-9-5-23(24,25)6-10-28/h13-16,18,30H,3-12H2,1-2H3. The molecular weight excluding hydrogens is 418 g/mol. The smallest absolute Gasteiger partial charge is 0.270 e. The van der Waals surface area contributed by atoms with Crippen molar-refractivity contribution in [3.05, 3.63) is 24.0 Å². The lowest BCUT2D eigenvalue weighted by molar-refractivity contribution is -0.0495. The number of aliphatic hydroxyl groups excluding tert-OH is 1. The van der Waals surface area contributed by atoms with E-state index in [-0.39, 0.29) is 51.1 Å². The van der Waals surface area contributed by atoms with Gasteiger partial charge in [-0.15, -0.1) is 0 Å². The number of carbonyl (C=O) groups is 1. The minimum atomic E-state index is -2.71. The van der Waals surface area contributed by atoms with E-state index in [0.29, 0.717) is 23.1 Å². The van der Waals surface area contributed by atoms with Crippen LogP contribution in [0.4, 0.5) is 8.78 Å². The molecule has 1 amide bonds. The van der Waals surface area contributed by atoms with Crippen LogP contribution in [0, 0.1) is 0 Å². The minimum absolute atomic E-state index is 0.0172. The first kappa shape index (κ1) is 22.9. The molecule has 0 aliphatic carbocycles. The highest BCUT2D eigenvalue weighted by Gasteiger charge is 2.36. The summed E-state index contributed by atoms with van der Waals surface area (Å²) in [5.41, 5.74) is 0.931. The molecule has 0 bridgehead atoms. The second-order valence-electron chi connectivity index (χ2n) is 9.08. The molecule has 2 aliphatic heterocycles. The van der Waals surface area contributed by atoms with Gasteiger partial charge in [0.25, 0.3) is 11.8 Å². The predicted molar refractivity (Wildman–Crippen MR) is 117 cm³/mol. The zero-order chi connectivity index (χ0) is 22.9. The first-order chi connectivity index (χ1) is 15.3. The third-order valence-corrected chi connectivity index (χ3v) is 6.54. The molecule has 2 aromatic rings. The van der Waals surface area contributed by atoms with Crippen molar-refractivity contribution in [3.63, 3.8) is 0 Å². The van der Waals surface area contributed by atoms with Gasteiger partial charge in [0.2, 0.25) is 0 Å². The molecule has 4 rings (SSSR count). The van der Waals surface area contributed by atoms with Crippen LogP contribution in [0.1, 0.15) is 50.0 Å². The molecule has 7 nitrogen and oxygen atoms in total. The van der Waals surface area contributed by atoms with Crippen molar-refractivity contribution in [2.24, 2.45) is 0 Å². The van der Waals surface area contributed by atoms with Crippen LogP contribution in [-0.4, -0.2) is 81.2 Å². The van der Waals surface area contributed by atoms with Gasteiger partial charge in [-0.05, 0) is 38.8 Å². The van der Waals surface area contributed by atoms with Crippen molar-refractivity contribution in [3.8, 4) is 5.75 Å². The summed E-state index contributed by atoms with van der Waals surface area (Å²) >= 11 is 0. The van der Waals surface area contributed by atoms with E-state index in [1.165, 1.54) is 4.90 Å². The number of ether oxygens (including phenoxy) is 1. The Labute approximate surface area is 186 Å². The summed E-state index contributed by atoms with van der Waals surface area (Å²) in [4.78, 5) is 21.5. The first-order valence-corrected chi connectivity index (χ1v) is 11.5. The zero-order valence-corrected chi connectivity index (χ0v) is 18.8. The lowest BCUT2D eigenvalue weighted by atomic mass is 10.1. The second kappa shape index (κ2) is 9.31. The molecule has 176 valence electrons. The summed E-state index contributed by atoms with van der Waals surface area (Å²) in [6, 6.07) is 4.12. The number of aliphatic hydroxyl groups is 1. The first-order valence-electron chi connectivity index (χ1n) is 11.5. The summed E-state index contributed by atoms with van der Waals surface area (Å²) in [6.07, 6.45) is 3.02. The number of amides is 1. The summed E-state index contributed by atoms with van der Waals surface area (Å²) in [7, 11) is 0. The topological polar surface area (TPSA) is 70.8 Å². The highest BCUT2D eigenvalue weighted by Crippen LogP contribution is 2.30. The van der Waals surface area contributed by atoms with Crippen LogP contribution in [0.15, 0.2) is 18.3 Å². The van der Waals surface area contributed by atoms with Gasteiger partial charge in [0.15, 0.2) is 0 Å². The number of piperidine rings is 2. The Morgan fingerprint density at radius 1 is 1.22 bits per heavy atom. The average molecular weight is 451 g/mol. The largest absolute Gasteiger partial charge is 0.489 e. The summed E-state index contributed by atoms with van der Waals surface area (Å²) in [5.74, 6) is -2.37. The Morgan fingerprint density at radius 2 is 1.91 bits per heavy atom. The second-order valence-corrected chi connectivity index (χ2v) is 9.08. The number of hydrogen-bond acceptors (Lipinski definition) is 5. The van der Waals surface area contributed by atoms with Crippen molar-refractivity contribution in [1.29, 1.82) is 0 Å². The molecule has 9 heteroatoms. The van der Waals surface area contributed by atoms with Gasteiger partial charge in [-0.3, -0.25) is 4.79 Å². The van der Waals surface area contributed by atoms with E-state index in [9.17, 15) is 18.7 Å². The van der Waals surface area contributed by atoms with E-state index < -0.39 is 5.92 Å². The SMILES string of the molecule is CC(C)N1CCC(Oc2cnc3c(c2)cc(C(=O)N2CCC(F)(F)CC2)n3CCO)CC1. The van der Waals surface area contributed by atoms with Crippen LogP contribution in [0.2, 0.25) is 0 Å². The van der Waals surface area contributed by atoms with E-state index in [4.69, 9.17) is 4.74 Å². The lowest BCUT2D eigenvalue weighted by Gasteiger charge is -2.34. The molecule has 4 heterocycles. The quantitative estimate of drug-likeness (QED) is 0.732. The Bertz CT molecular complexity index is 944. The third kappa shape index (κ3) is 4.88. The minimum Gasteiger partial charge on any atom is -0.489 e. The lowest BCUT2D eigenvalue weighted by Crippen LogP contribution is -2.43. The van der Waals surface area contributed by atoms with Crippen molar-refractivity contribution in [2.75, 3.05) is 32.8 Å². The van der Waals surface area contributed by atoms with Gasteiger partial charge in [0.05, 0.1) is 12.8 Å². The molecule has 2 saturated heterocycles. The van der Waals surface area contributed by atoms with E-state index in [2.05, 4.69) is 23.7 Å². The molecular formula is C23H32F2N4O3. The molecule has 0 saturated carbocycles. The number of alkyl halides is 2. The van der Waals surface area contributed by atoms with E-state index in [0.717, 1.165) is 31.3 Å². The molecule has 0 atom stereocenters. The van der Waals surface area contributed by atoms with Crippen molar-refractivity contribution in [2.45, 2.75) is 64.1 Å². The Balaban J connectivity index is 1.52. The van der Waals surface area contributed by atoms with E-state index in [1.807, 2.05) is 6.07 Å². The zero-order valence-electron chi connectivity index (χ0n) is 18.8. The van der Waals surface area contributed by atoms with Gasteiger partial charge in [-0.25, -0.2) is 13.8 Å². The monoisotopic (exact) mass is 450 g/mol. The molecule has 0 unspecified atom stereocenters. The fourth-order valence-electron chi connectivity index (χ4n) is 4.59. The van der Waals surface area contributed by atoms with Gasteiger partial charge < -0.3 is 24.2 Å². The Hall–Kier alpha value is -2.26. The molecule has 0 spiro atoms. The fourth-order valence-corrected chi connectivity index (χ4v) is 4.59. The van der Waals surface area contributed by atoms with Gasteiger partial charge >= 0.3 is 0 Å². The molecule has 2 aliphatic rings.